The molecule has 1 aromatic carbocycles. The lowest BCUT2D eigenvalue weighted by atomic mass is 10.3. The van der Waals surface area contributed by atoms with Gasteiger partial charge in [0.15, 0.2) is 0 Å². The third-order valence-electron chi connectivity index (χ3n) is 3.80. The van der Waals surface area contributed by atoms with Crippen molar-refractivity contribution in [3.8, 4) is 0 Å². The third-order valence-corrected chi connectivity index (χ3v) is 7.61. The monoisotopic (exact) mass is 346 g/mol. The van der Waals surface area contributed by atoms with Crippen LogP contribution in [0.5, 0.6) is 0 Å². The largest absolute Gasteiger partial charge is 0.273 e. The van der Waals surface area contributed by atoms with Crippen molar-refractivity contribution in [1.29, 1.82) is 0 Å². The molecule has 0 aromatic heterocycles. The molecule has 0 N–H and O–H groups in total. The molecule has 0 amide bonds. The van der Waals surface area contributed by atoms with Crippen LogP contribution in [0.25, 0.3) is 0 Å². The van der Waals surface area contributed by atoms with Crippen molar-refractivity contribution in [2.75, 3.05) is 35.9 Å². The zero-order valence-corrected chi connectivity index (χ0v) is 14.3. The second-order valence-electron chi connectivity index (χ2n) is 5.39. The van der Waals surface area contributed by atoms with E-state index in [1.807, 2.05) is 6.07 Å². The van der Waals surface area contributed by atoms with Crippen LogP contribution in [0.3, 0.4) is 0 Å². The molecular formula is C14H22N2O4S2. The van der Waals surface area contributed by atoms with E-state index < -0.39 is 20.0 Å². The number of hydrogen-bond donors (Lipinski definition) is 0. The molecule has 124 valence electrons. The van der Waals surface area contributed by atoms with Gasteiger partial charge in [0.1, 0.15) is 0 Å². The fraction of sp³-hybridized carbons (Fsp3) is 0.571. The van der Waals surface area contributed by atoms with Gasteiger partial charge in [-0.15, -0.1) is 0 Å². The van der Waals surface area contributed by atoms with Crippen molar-refractivity contribution in [2.24, 2.45) is 0 Å². The molecule has 0 spiro atoms. The fourth-order valence-electron chi connectivity index (χ4n) is 2.45. The van der Waals surface area contributed by atoms with E-state index in [-0.39, 0.29) is 17.9 Å². The zero-order valence-electron chi connectivity index (χ0n) is 12.7. The van der Waals surface area contributed by atoms with E-state index in [0.29, 0.717) is 18.8 Å². The Morgan fingerprint density at radius 2 is 1.59 bits per heavy atom. The van der Waals surface area contributed by atoms with Crippen LogP contribution in [-0.4, -0.2) is 52.8 Å². The Balaban J connectivity index is 1.93. The summed E-state index contributed by atoms with van der Waals surface area (Å²) in [7, 11) is -5.35. The molecule has 8 heteroatoms. The number of benzene rings is 1. The molecule has 1 heterocycles. The lowest BCUT2D eigenvalue weighted by Crippen LogP contribution is -2.33. The lowest BCUT2D eigenvalue weighted by Gasteiger charge is -2.20. The van der Waals surface area contributed by atoms with Gasteiger partial charge in [-0.2, -0.15) is 0 Å². The Hall–Kier alpha value is -1.12. The molecule has 0 saturated carbocycles. The highest BCUT2D eigenvalue weighted by atomic mass is 32.2. The van der Waals surface area contributed by atoms with E-state index in [4.69, 9.17) is 0 Å². The first-order valence-corrected chi connectivity index (χ1v) is 10.5. The smallest absolute Gasteiger partial charge is 0.234 e. The van der Waals surface area contributed by atoms with Gasteiger partial charge in [-0.3, -0.25) is 4.31 Å². The SMILES string of the molecule is CN(c1ccccc1)S(=O)(=O)CCCS(=O)(=O)N1CCCC1. The molecule has 0 radical (unpaired) electrons. The normalized spacial score (nSPS) is 16.8. The Labute approximate surface area is 132 Å². The molecule has 1 fully saturated rings. The molecule has 0 bridgehead atoms. The van der Waals surface area contributed by atoms with Crippen LogP contribution in [0, 0.1) is 0 Å². The minimum Gasteiger partial charge on any atom is -0.273 e. The fourth-order valence-corrected chi connectivity index (χ4v) is 5.45. The molecule has 1 aliphatic heterocycles. The summed E-state index contributed by atoms with van der Waals surface area (Å²) in [6.07, 6.45) is 1.88. The van der Waals surface area contributed by atoms with Gasteiger partial charge < -0.3 is 0 Å². The van der Waals surface area contributed by atoms with Crippen LogP contribution in [0.4, 0.5) is 5.69 Å². The summed E-state index contributed by atoms with van der Waals surface area (Å²) in [5.74, 6) is -0.291. The zero-order chi connectivity index (χ0) is 16.2. The van der Waals surface area contributed by atoms with Crippen molar-refractivity contribution in [1.82, 2.24) is 4.31 Å². The highest BCUT2D eigenvalue weighted by molar-refractivity contribution is 7.92. The van der Waals surface area contributed by atoms with Gasteiger partial charge in [-0.25, -0.2) is 21.1 Å². The summed E-state index contributed by atoms with van der Waals surface area (Å²) in [6, 6.07) is 8.75. The second kappa shape index (κ2) is 6.97. The Morgan fingerprint density at radius 3 is 2.18 bits per heavy atom. The highest BCUT2D eigenvalue weighted by Gasteiger charge is 2.26. The number of nitrogens with zero attached hydrogens (tertiary/aromatic N) is 2. The quantitative estimate of drug-likeness (QED) is 0.745. The first-order valence-electron chi connectivity index (χ1n) is 7.32. The molecule has 2 rings (SSSR count). The van der Waals surface area contributed by atoms with Crippen LogP contribution in [-0.2, 0) is 20.0 Å². The van der Waals surface area contributed by atoms with E-state index in [1.165, 1.54) is 15.7 Å². The van der Waals surface area contributed by atoms with E-state index >= 15 is 0 Å². The van der Waals surface area contributed by atoms with Gasteiger partial charge >= 0.3 is 0 Å². The van der Waals surface area contributed by atoms with Crippen molar-refractivity contribution < 1.29 is 16.8 Å². The third kappa shape index (κ3) is 4.21. The second-order valence-corrected chi connectivity index (χ2v) is 9.60. The standard InChI is InChI=1S/C14H22N2O4S2/c1-15(14-8-3-2-4-9-14)21(17,18)12-7-13-22(19,20)16-10-5-6-11-16/h2-4,8-9H,5-7,10-13H2,1H3. The maximum absolute atomic E-state index is 12.3. The predicted molar refractivity (Wildman–Crippen MR) is 87.8 cm³/mol. The molecule has 6 nitrogen and oxygen atoms in total. The van der Waals surface area contributed by atoms with Crippen LogP contribution in [0.2, 0.25) is 0 Å². The molecule has 1 aromatic rings. The number of rotatable bonds is 7. The van der Waals surface area contributed by atoms with Gasteiger partial charge in [0.05, 0.1) is 17.2 Å². The molecular weight excluding hydrogens is 324 g/mol. The Kier molecular flexibility index (Phi) is 5.46. The number of hydrogen-bond acceptors (Lipinski definition) is 4. The van der Waals surface area contributed by atoms with Gasteiger partial charge in [-0.1, -0.05) is 18.2 Å². The minimum atomic E-state index is -3.51. The molecule has 0 aliphatic carbocycles. The molecule has 1 saturated heterocycles. The number of anilines is 1. The average Bonchev–Trinajstić information content (AvgIpc) is 3.02. The van der Waals surface area contributed by atoms with E-state index in [0.717, 1.165) is 12.8 Å². The van der Waals surface area contributed by atoms with Gasteiger partial charge in [0, 0.05) is 20.1 Å². The van der Waals surface area contributed by atoms with Crippen molar-refractivity contribution in [3.05, 3.63) is 30.3 Å². The van der Waals surface area contributed by atoms with E-state index in [9.17, 15) is 16.8 Å². The summed E-state index contributed by atoms with van der Waals surface area (Å²) in [6.45, 7) is 1.11. The van der Waals surface area contributed by atoms with Crippen LogP contribution in [0.15, 0.2) is 30.3 Å². The highest BCUT2D eigenvalue weighted by Crippen LogP contribution is 2.17. The summed E-state index contributed by atoms with van der Waals surface area (Å²) in [4.78, 5) is 0. The van der Waals surface area contributed by atoms with E-state index in [1.54, 1.807) is 24.3 Å². The summed E-state index contributed by atoms with van der Waals surface area (Å²) < 4.78 is 51.3. The molecule has 0 atom stereocenters. The first-order chi connectivity index (χ1) is 10.3. The van der Waals surface area contributed by atoms with Gasteiger partial charge in [-0.05, 0) is 31.4 Å². The first kappa shape index (κ1) is 17.2. The molecule has 0 unspecified atom stereocenters. The summed E-state index contributed by atoms with van der Waals surface area (Å²) >= 11 is 0. The van der Waals surface area contributed by atoms with E-state index in [2.05, 4.69) is 0 Å². The topological polar surface area (TPSA) is 74.8 Å². The molecule has 1 aliphatic rings. The number of sulfonamides is 2. The van der Waals surface area contributed by atoms with Crippen molar-refractivity contribution in [2.45, 2.75) is 19.3 Å². The maximum Gasteiger partial charge on any atom is 0.234 e. The summed E-state index contributed by atoms with van der Waals surface area (Å²) in [5.41, 5.74) is 0.574. The maximum atomic E-state index is 12.3. The van der Waals surface area contributed by atoms with Crippen LogP contribution in [0.1, 0.15) is 19.3 Å². The van der Waals surface area contributed by atoms with Gasteiger partial charge in [0.25, 0.3) is 0 Å². The summed E-state index contributed by atoms with van der Waals surface area (Å²) in [5, 5.41) is 0. The Morgan fingerprint density at radius 1 is 1.00 bits per heavy atom. The molecule has 22 heavy (non-hydrogen) atoms. The predicted octanol–water partition coefficient (Wildman–Crippen LogP) is 1.27. The van der Waals surface area contributed by atoms with Crippen molar-refractivity contribution >= 4 is 25.7 Å². The number of para-hydroxylation sites is 1. The van der Waals surface area contributed by atoms with Crippen LogP contribution >= 0.6 is 0 Å². The lowest BCUT2D eigenvalue weighted by molar-refractivity contribution is 0.476. The average molecular weight is 346 g/mol. The van der Waals surface area contributed by atoms with Gasteiger partial charge in [0.2, 0.25) is 20.0 Å². The van der Waals surface area contributed by atoms with Crippen molar-refractivity contribution in [3.63, 3.8) is 0 Å². The Bertz CT molecular complexity index is 681. The van der Waals surface area contributed by atoms with Crippen LogP contribution < -0.4 is 4.31 Å². The minimum absolute atomic E-state index is 0.109.